The van der Waals surface area contributed by atoms with E-state index in [1.54, 1.807) is 60.4 Å². The number of hydrogen-bond acceptors (Lipinski definition) is 4. The Balaban J connectivity index is 3.71. The van der Waals surface area contributed by atoms with Crippen LogP contribution in [0.5, 0.6) is 0 Å². The smallest absolute Gasteiger partial charge is 0.348 e. The highest BCUT2D eigenvalue weighted by Gasteiger charge is 2.27. The molecule has 0 N–H and O–H groups in total. The van der Waals surface area contributed by atoms with Crippen molar-refractivity contribution in [2.24, 2.45) is 0 Å². The van der Waals surface area contributed by atoms with Gasteiger partial charge in [-0.05, 0) is 0 Å². The molecule has 0 heterocycles. The van der Waals surface area contributed by atoms with Crippen molar-refractivity contribution in [2.75, 3.05) is 39.7 Å². The maximum Gasteiger partial charge on any atom is 0.456 e. The van der Waals surface area contributed by atoms with Gasteiger partial charge in [0, 0.05) is 50.6 Å². The van der Waals surface area contributed by atoms with Crippen molar-refractivity contribution < 1.29 is 9.59 Å². The van der Waals surface area contributed by atoms with Gasteiger partial charge in [-0.1, -0.05) is 0 Å². The van der Waals surface area contributed by atoms with Crippen LogP contribution in [0.4, 0.5) is 0 Å². The molecule has 0 unspecified atom stereocenters. The molecule has 2 amide bonds. The fraction of sp³-hybridized carbons (Fsp3) is 0.778. The Morgan fingerprint density at radius 2 is 1.25 bits per heavy atom. The average molecular weight is 279 g/mol. The fourth-order valence-electron chi connectivity index (χ4n) is 0.627. The number of amides is 2. The first-order chi connectivity index (χ1) is 7.34. The van der Waals surface area contributed by atoms with Gasteiger partial charge in [-0.3, -0.25) is 9.59 Å². The van der Waals surface area contributed by atoms with Crippen molar-refractivity contribution in [1.29, 1.82) is 0 Å². The average Bonchev–Trinajstić information content (AvgIpc) is 2.21. The summed E-state index contributed by atoms with van der Waals surface area (Å²) in [6.45, 7) is 2.12. The Bertz CT molecular complexity index is 226. The van der Waals surface area contributed by atoms with E-state index in [2.05, 4.69) is 6.55 Å². The zero-order valence-electron chi connectivity index (χ0n) is 10.4. The van der Waals surface area contributed by atoms with E-state index in [1.165, 1.54) is 0 Å². The Labute approximate surface area is 107 Å². The van der Waals surface area contributed by atoms with Crippen LogP contribution < -0.4 is 0 Å². The van der Waals surface area contributed by atoms with Crippen LogP contribution >= 0.6 is 22.4 Å². The lowest BCUT2D eigenvalue weighted by Gasteiger charge is -2.08. The van der Waals surface area contributed by atoms with E-state index in [4.69, 9.17) is 0 Å². The summed E-state index contributed by atoms with van der Waals surface area (Å²) >= 11 is 3.34. The van der Waals surface area contributed by atoms with Gasteiger partial charge in [-0.2, -0.15) is 0 Å². The van der Waals surface area contributed by atoms with Gasteiger partial charge >= 0.3 is 7.10 Å². The van der Waals surface area contributed by atoms with Crippen LogP contribution in [0.2, 0.25) is 6.55 Å². The fourth-order valence-corrected chi connectivity index (χ4v) is 5.90. The Kier molecular flexibility index (Phi) is 7.95. The highest BCUT2D eigenvalue weighted by Crippen LogP contribution is 2.19. The van der Waals surface area contributed by atoms with Crippen molar-refractivity contribution in [3.63, 3.8) is 0 Å². The normalized spacial score (nSPS) is 9.81. The quantitative estimate of drug-likeness (QED) is 0.673. The van der Waals surface area contributed by atoms with Gasteiger partial charge in [0.25, 0.3) is 0 Å². The molecule has 0 aromatic rings. The van der Waals surface area contributed by atoms with Crippen molar-refractivity contribution in [1.82, 2.24) is 9.80 Å². The molecule has 0 saturated heterocycles. The molecule has 0 rings (SSSR count). The first-order valence-corrected chi connectivity index (χ1v) is 10.3. The van der Waals surface area contributed by atoms with Crippen LogP contribution in [0.25, 0.3) is 0 Å². The van der Waals surface area contributed by atoms with Gasteiger partial charge in [0.2, 0.25) is 11.8 Å². The first-order valence-electron chi connectivity index (χ1n) is 4.84. The summed E-state index contributed by atoms with van der Waals surface area (Å²) in [5.74, 6) is 1.30. The molecule has 0 aromatic heterocycles. The molecular formula is C9H19N2O2S2Si+. The van der Waals surface area contributed by atoms with Crippen LogP contribution in [0, 0.1) is 0 Å². The topological polar surface area (TPSA) is 40.6 Å². The van der Waals surface area contributed by atoms with E-state index in [0.29, 0.717) is 11.5 Å². The first kappa shape index (κ1) is 15.9. The number of rotatable bonds is 6. The summed E-state index contributed by atoms with van der Waals surface area (Å²) in [5.41, 5.74) is 0. The van der Waals surface area contributed by atoms with E-state index in [-0.39, 0.29) is 11.8 Å². The molecule has 0 saturated carbocycles. The van der Waals surface area contributed by atoms with E-state index in [0.717, 1.165) is 0 Å². The molecular weight excluding hydrogens is 260 g/mol. The van der Waals surface area contributed by atoms with Crippen LogP contribution in [0.15, 0.2) is 0 Å². The van der Waals surface area contributed by atoms with Gasteiger partial charge in [-0.25, -0.2) is 0 Å². The summed E-state index contributed by atoms with van der Waals surface area (Å²) in [4.78, 5) is 25.9. The third-order valence-electron chi connectivity index (χ3n) is 1.80. The van der Waals surface area contributed by atoms with Crippen LogP contribution in [-0.2, 0) is 9.59 Å². The van der Waals surface area contributed by atoms with E-state index >= 15 is 0 Å². The molecule has 0 atom stereocenters. The second kappa shape index (κ2) is 8.02. The minimum Gasteiger partial charge on any atom is -0.348 e. The molecule has 7 heteroatoms. The van der Waals surface area contributed by atoms with E-state index in [1.807, 2.05) is 0 Å². The molecule has 0 fully saturated rings. The lowest BCUT2D eigenvalue weighted by atomic mass is 10.6. The molecule has 0 radical (unpaired) electrons. The summed E-state index contributed by atoms with van der Waals surface area (Å²) < 4.78 is 0. The number of hydrogen-bond donors (Lipinski definition) is 0. The Morgan fingerprint density at radius 1 is 0.938 bits per heavy atom. The lowest BCUT2D eigenvalue weighted by molar-refractivity contribution is -0.126. The van der Waals surface area contributed by atoms with Gasteiger partial charge in [0.15, 0.2) is 0 Å². The second-order valence-corrected chi connectivity index (χ2v) is 12.0. The standard InChI is InChI=1S/C9H19N2O2S2Si/c1-10(2)8(12)6-14-16(5)15-7-9(13)11(3)4/h6-7H2,1-5H3/q+1. The summed E-state index contributed by atoms with van der Waals surface area (Å²) in [6.07, 6.45) is 0. The molecule has 92 valence electrons. The van der Waals surface area contributed by atoms with Gasteiger partial charge in [-0.15, -0.1) is 0 Å². The molecule has 0 bridgehead atoms. The third kappa shape index (κ3) is 7.18. The van der Waals surface area contributed by atoms with Gasteiger partial charge in [0.1, 0.15) is 11.5 Å². The third-order valence-corrected chi connectivity index (χ3v) is 8.82. The minimum absolute atomic E-state index is 0.133. The predicted octanol–water partition coefficient (Wildman–Crippen LogP) is 0.747. The highest BCUT2D eigenvalue weighted by atomic mass is 32.6. The summed E-state index contributed by atoms with van der Waals surface area (Å²) in [7, 11) is 6.32. The van der Waals surface area contributed by atoms with Crippen molar-refractivity contribution >= 4 is 41.3 Å². The van der Waals surface area contributed by atoms with Gasteiger partial charge < -0.3 is 9.80 Å². The lowest BCUT2D eigenvalue weighted by Crippen LogP contribution is -2.26. The van der Waals surface area contributed by atoms with Gasteiger partial charge in [0.05, 0.1) is 6.55 Å². The zero-order valence-corrected chi connectivity index (χ0v) is 13.1. The maximum absolute atomic E-state index is 11.3. The number of carbonyl (C=O) groups excluding carboxylic acids is 2. The monoisotopic (exact) mass is 279 g/mol. The molecule has 4 nitrogen and oxygen atoms in total. The molecule has 0 aliphatic heterocycles. The van der Waals surface area contributed by atoms with E-state index in [9.17, 15) is 9.59 Å². The molecule has 0 spiro atoms. The Morgan fingerprint density at radius 3 is 1.50 bits per heavy atom. The van der Waals surface area contributed by atoms with Crippen LogP contribution in [0.1, 0.15) is 0 Å². The summed E-state index contributed by atoms with van der Waals surface area (Å²) in [5, 5.41) is 0. The van der Waals surface area contributed by atoms with Crippen LogP contribution in [0.3, 0.4) is 0 Å². The van der Waals surface area contributed by atoms with Crippen LogP contribution in [-0.4, -0.2) is 68.4 Å². The highest BCUT2D eigenvalue weighted by molar-refractivity contribution is 8.54. The number of carbonyl (C=O) groups is 2. The Hall–Kier alpha value is -0.143. The largest absolute Gasteiger partial charge is 0.456 e. The maximum atomic E-state index is 11.3. The molecule has 0 aliphatic carbocycles. The number of nitrogens with zero attached hydrogens (tertiary/aromatic N) is 2. The van der Waals surface area contributed by atoms with Crippen molar-refractivity contribution in [3.8, 4) is 0 Å². The molecule has 0 aromatic carbocycles. The summed E-state index contributed by atoms with van der Waals surface area (Å²) in [6, 6.07) is 0. The minimum atomic E-state index is -0.708. The zero-order chi connectivity index (χ0) is 12.7. The second-order valence-electron chi connectivity index (χ2n) is 3.65. The van der Waals surface area contributed by atoms with E-state index < -0.39 is 7.10 Å². The van der Waals surface area contributed by atoms with Crippen molar-refractivity contribution in [2.45, 2.75) is 6.55 Å². The molecule has 0 aliphatic rings. The predicted molar refractivity (Wildman–Crippen MR) is 73.9 cm³/mol. The molecule has 16 heavy (non-hydrogen) atoms. The SMILES string of the molecule is CN(C)C(=O)CS[Si+](C)SCC(=O)N(C)C. The van der Waals surface area contributed by atoms with Crippen molar-refractivity contribution in [3.05, 3.63) is 0 Å².